The third-order valence-corrected chi connectivity index (χ3v) is 8.82. The topological polar surface area (TPSA) is 101 Å². The van der Waals surface area contributed by atoms with Crippen LogP contribution >= 0.6 is 0 Å². The summed E-state index contributed by atoms with van der Waals surface area (Å²) in [5, 5.41) is 14.2. The number of hydrogen-bond acceptors (Lipinski definition) is 8. The first-order valence-electron chi connectivity index (χ1n) is 14.3. The summed E-state index contributed by atoms with van der Waals surface area (Å²) in [4.78, 5) is 21.8. The Morgan fingerprint density at radius 1 is 0.975 bits per heavy atom. The number of tetrazole rings is 1. The Morgan fingerprint density at radius 3 is 2.58 bits per heavy atom. The van der Waals surface area contributed by atoms with Gasteiger partial charge in [-0.05, 0) is 72.0 Å². The molecule has 4 aromatic rings. The average molecular weight is 542 g/mol. The van der Waals surface area contributed by atoms with E-state index in [0.29, 0.717) is 5.56 Å². The predicted molar refractivity (Wildman–Crippen MR) is 151 cm³/mol. The number of piperazine rings is 1. The molecule has 0 radical (unpaired) electrons. The van der Waals surface area contributed by atoms with Gasteiger partial charge >= 0.3 is 0 Å². The monoisotopic (exact) mass is 541 g/mol. The molecular weight excluding hydrogens is 506 g/mol. The van der Waals surface area contributed by atoms with Crippen LogP contribution in [0.2, 0.25) is 0 Å². The van der Waals surface area contributed by atoms with E-state index in [9.17, 15) is 4.79 Å². The highest BCUT2D eigenvalue weighted by Gasteiger charge is 2.35. The van der Waals surface area contributed by atoms with Gasteiger partial charge in [0.15, 0.2) is 17.3 Å². The van der Waals surface area contributed by atoms with Crippen LogP contribution in [-0.2, 0) is 6.54 Å². The summed E-state index contributed by atoms with van der Waals surface area (Å²) in [7, 11) is 0. The van der Waals surface area contributed by atoms with Crippen molar-refractivity contribution in [1.82, 2.24) is 35.0 Å². The minimum Gasteiger partial charge on any atom is -0.454 e. The molecule has 10 nitrogen and oxygen atoms in total. The maximum atomic E-state index is 13.7. The van der Waals surface area contributed by atoms with Crippen LogP contribution < -0.4 is 15.0 Å². The van der Waals surface area contributed by atoms with Crippen molar-refractivity contribution < 1.29 is 9.47 Å². The Labute approximate surface area is 232 Å². The van der Waals surface area contributed by atoms with Crippen molar-refractivity contribution in [3.05, 3.63) is 74.8 Å². The van der Waals surface area contributed by atoms with Crippen molar-refractivity contribution in [2.45, 2.75) is 58.2 Å². The standard InChI is InChI=1S/C30H35N7O3/c1-19-7-8-20(2)27-23(19)16-24(30(38)31-27)28(29-32-33-34-37(29)22-5-3-4-6-22)36-13-11-35(12-14-36)17-21-9-10-25-26(15-21)40-18-39-25/h7-10,15-16,22,28H,3-6,11-14,17-18H2,1-2H3,(H,31,38). The molecule has 0 bridgehead atoms. The quantitative estimate of drug-likeness (QED) is 0.393. The molecule has 1 atom stereocenters. The second-order valence-corrected chi connectivity index (χ2v) is 11.4. The third kappa shape index (κ3) is 4.54. The Balaban J connectivity index is 1.21. The summed E-state index contributed by atoms with van der Waals surface area (Å²) in [5.41, 5.74) is 4.94. The van der Waals surface area contributed by atoms with Gasteiger partial charge in [0.2, 0.25) is 6.79 Å². The second-order valence-electron chi connectivity index (χ2n) is 11.4. The summed E-state index contributed by atoms with van der Waals surface area (Å²) in [6, 6.07) is 12.4. The number of pyridine rings is 1. The molecule has 2 fully saturated rings. The zero-order chi connectivity index (χ0) is 27.2. The van der Waals surface area contributed by atoms with Crippen LogP contribution in [0.4, 0.5) is 0 Å². The molecule has 2 aliphatic heterocycles. The van der Waals surface area contributed by atoms with Crippen molar-refractivity contribution in [1.29, 1.82) is 0 Å². The number of aryl methyl sites for hydroxylation is 2. The fourth-order valence-corrected chi connectivity index (χ4v) is 6.56. The minimum atomic E-state index is -0.323. The predicted octanol–water partition coefficient (Wildman–Crippen LogP) is 3.88. The number of nitrogens with one attached hydrogen (secondary N) is 1. The molecule has 1 saturated heterocycles. The average Bonchev–Trinajstić information content (AvgIpc) is 3.74. The molecule has 208 valence electrons. The number of rotatable bonds is 6. The highest BCUT2D eigenvalue weighted by atomic mass is 16.7. The molecule has 1 N–H and O–H groups in total. The van der Waals surface area contributed by atoms with Crippen LogP contribution in [0.1, 0.15) is 65.8 Å². The van der Waals surface area contributed by atoms with E-state index in [1.165, 1.54) is 18.4 Å². The van der Waals surface area contributed by atoms with Crippen molar-refractivity contribution in [2.24, 2.45) is 0 Å². The van der Waals surface area contributed by atoms with E-state index in [2.05, 4.69) is 67.6 Å². The number of hydrogen-bond donors (Lipinski definition) is 1. The first kappa shape index (κ1) is 25.2. The molecule has 10 heteroatoms. The van der Waals surface area contributed by atoms with Crippen LogP contribution in [0.15, 0.2) is 41.2 Å². The maximum absolute atomic E-state index is 13.7. The highest BCUT2D eigenvalue weighted by molar-refractivity contribution is 5.85. The lowest BCUT2D eigenvalue weighted by molar-refractivity contribution is 0.0988. The van der Waals surface area contributed by atoms with E-state index >= 15 is 0 Å². The lowest BCUT2D eigenvalue weighted by Gasteiger charge is -2.39. The van der Waals surface area contributed by atoms with Gasteiger partial charge in [0.05, 0.1) is 11.6 Å². The van der Waals surface area contributed by atoms with Crippen LogP contribution in [0, 0.1) is 13.8 Å². The van der Waals surface area contributed by atoms with Gasteiger partial charge in [0, 0.05) is 43.7 Å². The van der Waals surface area contributed by atoms with Crippen molar-refractivity contribution >= 4 is 10.9 Å². The Morgan fingerprint density at radius 2 is 1.75 bits per heavy atom. The molecule has 1 unspecified atom stereocenters. The lowest BCUT2D eigenvalue weighted by Crippen LogP contribution is -2.48. The second kappa shape index (κ2) is 10.3. The van der Waals surface area contributed by atoms with Gasteiger partial charge in [-0.15, -0.1) is 5.10 Å². The fourth-order valence-electron chi connectivity index (χ4n) is 6.56. The number of aromatic nitrogens is 5. The summed E-state index contributed by atoms with van der Waals surface area (Å²) < 4.78 is 13.0. The number of benzene rings is 2. The molecular formula is C30H35N7O3. The number of fused-ring (bicyclic) bond motifs is 2. The van der Waals surface area contributed by atoms with Crippen molar-refractivity contribution in [3.63, 3.8) is 0 Å². The Kier molecular flexibility index (Phi) is 6.51. The third-order valence-electron chi connectivity index (χ3n) is 8.82. The van der Waals surface area contributed by atoms with Crippen LogP contribution in [-0.4, -0.2) is 68.0 Å². The fraction of sp³-hybridized carbons (Fsp3) is 0.467. The molecule has 2 aromatic heterocycles. The number of aromatic amines is 1. The van der Waals surface area contributed by atoms with E-state index in [0.717, 1.165) is 84.9 Å². The molecule has 40 heavy (non-hydrogen) atoms. The molecule has 7 rings (SSSR count). The number of ether oxygens (including phenoxy) is 2. The lowest BCUT2D eigenvalue weighted by atomic mass is 9.99. The van der Waals surface area contributed by atoms with E-state index < -0.39 is 0 Å². The van der Waals surface area contributed by atoms with Crippen LogP contribution in [0.25, 0.3) is 10.9 Å². The van der Waals surface area contributed by atoms with E-state index in [1.807, 2.05) is 17.7 Å². The normalized spacial score (nSPS) is 19.1. The number of H-pyrrole nitrogens is 1. The van der Waals surface area contributed by atoms with Crippen LogP contribution in [0.3, 0.4) is 0 Å². The summed E-state index contributed by atoms with van der Waals surface area (Å²) in [5.74, 6) is 2.39. The van der Waals surface area contributed by atoms with Gasteiger partial charge in [0.1, 0.15) is 6.04 Å². The first-order valence-corrected chi connectivity index (χ1v) is 14.3. The first-order chi connectivity index (χ1) is 19.5. The largest absolute Gasteiger partial charge is 0.454 e. The SMILES string of the molecule is Cc1ccc(C)c2[nH]c(=O)c(C(c3nnnn3C3CCCC3)N3CCN(Cc4ccc5c(c4)OCO5)CC3)cc12. The van der Waals surface area contributed by atoms with Gasteiger partial charge in [-0.3, -0.25) is 14.6 Å². The molecule has 2 aromatic carbocycles. The van der Waals surface area contributed by atoms with Gasteiger partial charge in [-0.2, -0.15) is 0 Å². The van der Waals surface area contributed by atoms with E-state index in [-0.39, 0.29) is 24.4 Å². The summed E-state index contributed by atoms with van der Waals surface area (Å²) >= 11 is 0. The highest BCUT2D eigenvalue weighted by Crippen LogP contribution is 2.35. The zero-order valence-corrected chi connectivity index (χ0v) is 23.1. The van der Waals surface area contributed by atoms with Gasteiger partial charge < -0.3 is 14.5 Å². The summed E-state index contributed by atoms with van der Waals surface area (Å²) in [6.07, 6.45) is 4.51. The van der Waals surface area contributed by atoms with E-state index in [4.69, 9.17) is 9.47 Å². The molecule has 3 aliphatic rings. The Bertz CT molecular complexity index is 1600. The van der Waals surface area contributed by atoms with Crippen LogP contribution in [0.5, 0.6) is 11.5 Å². The minimum absolute atomic E-state index is 0.0741. The Hall–Kier alpha value is -3.76. The van der Waals surface area contributed by atoms with E-state index in [1.54, 1.807) is 0 Å². The smallest absolute Gasteiger partial charge is 0.253 e. The molecule has 1 aliphatic carbocycles. The summed E-state index contributed by atoms with van der Waals surface area (Å²) in [6.45, 7) is 8.61. The molecule has 0 amide bonds. The maximum Gasteiger partial charge on any atom is 0.253 e. The molecule has 4 heterocycles. The van der Waals surface area contributed by atoms with Gasteiger partial charge in [0.25, 0.3) is 5.56 Å². The van der Waals surface area contributed by atoms with Crippen molar-refractivity contribution in [3.8, 4) is 11.5 Å². The molecule has 0 spiro atoms. The van der Waals surface area contributed by atoms with Crippen molar-refractivity contribution in [2.75, 3.05) is 33.0 Å². The number of nitrogens with zero attached hydrogens (tertiary/aromatic N) is 6. The van der Waals surface area contributed by atoms with Gasteiger partial charge in [-0.1, -0.05) is 31.0 Å². The molecule has 1 saturated carbocycles. The zero-order valence-electron chi connectivity index (χ0n) is 23.1. The van der Waals surface area contributed by atoms with Gasteiger partial charge in [-0.25, -0.2) is 4.68 Å².